The average Bonchev–Trinajstić information content (AvgIpc) is 2.25. The van der Waals surface area contributed by atoms with Crippen molar-refractivity contribution in [2.45, 2.75) is 4.90 Å². The van der Waals surface area contributed by atoms with Gasteiger partial charge in [-0.1, -0.05) is 0 Å². The third-order valence-corrected chi connectivity index (χ3v) is 3.15. The lowest BCUT2D eigenvalue weighted by Gasteiger charge is -2.06. The van der Waals surface area contributed by atoms with E-state index >= 15 is 0 Å². The van der Waals surface area contributed by atoms with E-state index in [1.165, 1.54) is 12.1 Å². The van der Waals surface area contributed by atoms with Crippen LogP contribution in [0.4, 0.5) is 10.6 Å². The van der Waals surface area contributed by atoms with Gasteiger partial charge in [0.15, 0.2) is 0 Å². The third-order valence-electron chi connectivity index (χ3n) is 1.71. The summed E-state index contributed by atoms with van der Waals surface area (Å²) < 4.78 is 29.8. The average molecular weight is 260 g/mol. The molecule has 8 nitrogen and oxygen atoms in total. The maximum Gasteiger partial charge on any atom is 0.404 e. The first-order valence-electron chi connectivity index (χ1n) is 4.55. The molecule has 0 aliphatic heterocycles. The van der Waals surface area contributed by atoms with Gasteiger partial charge in [-0.3, -0.25) is 0 Å². The lowest BCUT2D eigenvalue weighted by Crippen LogP contribution is -2.29. The van der Waals surface area contributed by atoms with Crippen LogP contribution in [0.25, 0.3) is 0 Å². The first kappa shape index (κ1) is 13.2. The van der Waals surface area contributed by atoms with Gasteiger partial charge in [-0.25, -0.2) is 22.9 Å². The summed E-state index contributed by atoms with van der Waals surface area (Å²) in [7, 11) is -3.68. The molecule has 1 rings (SSSR count). The predicted molar refractivity (Wildman–Crippen MR) is 59.4 cm³/mol. The van der Waals surface area contributed by atoms with E-state index in [1.807, 2.05) is 0 Å². The minimum Gasteiger partial charge on any atom is -0.448 e. The van der Waals surface area contributed by atoms with Gasteiger partial charge in [0.1, 0.15) is 17.3 Å². The van der Waals surface area contributed by atoms with Crippen LogP contribution >= 0.6 is 0 Å². The molecule has 0 aliphatic rings. The zero-order chi connectivity index (χ0) is 12.9. The highest BCUT2D eigenvalue weighted by atomic mass is 32.2. The molecule has 17 heavy (non-hydrogen) atoms. The third kappa shape index (κ3) is 4.25. The molecular weight excluding hydrogens is 248 g/mol. The molecule has 1 aromatic rings. The number of carbonyl (C=O) groups excluding carboxylic acids is 1. The summed E-state index contributed by atoms with van der Waals surface area (Å²) >= 11 is 0. The van der Waals surface area contributed by atoms with Crippen molar-refractivity contribution in [3.8, 4) is 0 Å². The lowest BCUT2D eigenvalue weighted by atomic mass is 10.5. The highest BCUT2D eigenvalue weighted by Crippen LogP contribution is 2.07. The van der Waals surface area contributed by atoms with Crippen molar-refractivity contribution in [3.05, 3.63) is 18.3 Å². The normalized spacial score (nSPS) is 11.1. The Morgan fingerprint density at radius 3 is 2.71 bits per heavy atom. The molecule has 0 radical (unpaired) electrons. The van der Waals surface area contributed by atoms with Crippen molar-refractivity contribution in [3.63, 3.8) is 0 Å². The van der Waals surface area contributed by atoms with E-state index in [2.05, 4.69) is 14.4 Å². The van der Waals surface area contributed by atoms with E-state index < -0.39 is 16.1 Å². The topological polar surface area (TPSA) is 137 Å². The Morgan fingerprint density at radius 2 is 2.18 bits per heavy atom. The van der Waals surface area contributed by atoms with Crippen LogP contribution in [-0.4, -0.2) is 32.6 Å². The van der Waals surface area contributed by atoms with Crippen LogP contribution in [0.2, 0.25) is 0 Å². The van der Waals surface area contributed by atoms with Gasteiger partial charge in [-0.2, -0.15) is 0 Å². The fraction of sp³-hybridized carbons (Fsp3) is 0.250. The quantitative estimate of drug-likeness (QED) is 0.583. The fourth-order valence-corrected chi connectivity index (χ4v) is 1.92. The largest absolute Gasteiger partial charge is 0.448 e. The number of nitrogens with zero attached hydrogens (tertiary/aromatic N) is 1. The summed E-state index contributed by atoms with van der Waals surface area (Å²) in [6.07, 6.45) is 0.172. The number of hydrogen-bond acceptors (Lipinski definition) is 6. The molecule has 94 valence electrons. The standard InChI is InChI=1S/C8H12N4O4S/c9-7-2-1-6(5-11-7)17(14,15)12-3-4-16-8(10)13/h1-2,5,12H,3-4H2,(H2,9,11)(H2,10,13). The molecule has 1 amide bonds. The van der Waals surface area contributed by atoms with Crippen molar-refractivity contribution >= 4 is 21.9 Å². The zero-order valence-corrected chi connectivity index (χ0v) is 9.61. The Hall–Kier alpha value is -1.87. The molecule has 9 heteroatoms. The number of ether oxygens (including phenoxy) is 1. The Bertz CT molecular complexity index is 485. The maximum absolute atomic E-state index is 11.6. The summed E-state index contributed by atoms with van der Waals surface area (Å²) in [5, 5.41) is 0. The Labute approximate surface area is 98.0 Å². The molecule has 1 aromatic heterocycles. The number of nitrogens with one attached hydrogen (secondary N) is 1. The lowest BCUT2D eigenvalue weighted by molar-refractivity contribution is 0.159. The smallest absolute Gasteiger partial charge is 0.404 e. The highest BCUT2D eigenvalue weighted by molar-refractivity contribution is 7.89. The number of aromatic nitrogens is 1. The van der Waals surface area contributed by atoms with Crippen LogP contribution < -0.4 is 16.2 Å². The minimum absolute atomic E-state index is 0.0224. The van der Waals surface area contributed by atoms with E-state index in [0.29, 0.717) is 0 Å². The number of rotatable bonds is 5. The van der Waals surface area contributed by atoms with Crippen LogP contribution in [0.15, 0.2) is 23.2 Å². The van der Waals surface area contributed by atoms with Gasteiger partial charge < -0.3 is 16.2 Å². The van der Waals surface area contributed by atoms with E-state index in [4.69, 9.17) is 11.5 Å². The molecule has 0 saturated heterocycles. The van der Waals surface area contributed by atoms with E-state index in [-0.39, 0.29) is 23.9 Å². The Morgan fingerprint density at radius 1 is 1.47 bits per heavy atom. The van der Waals surface area contributed by atoms with Crippen LogP contribution in [0, 0.1) is 0 Å². The van der Waals surface area contributed by atoms with Crippen LogP contribution in [0.5, 0.6) is 0 Å². The van der Waals surface area contributed by atoms with Gasteiger partial charge >= 0.3 is 6.09 Å². The first-order chi connectivity index (χ1) is 7.92. The fourth-order valence-electron chi connectivity index (χ4n) is 0.962. The number of amides is 1. The summed E-state index contributed by atoms with van der Waals surface area (Å²) in [6, 6.07) is 2.69. The molecule has 0 unspecified atom stereocenters. The first-order valence-corrected chi connectivity index (χ1v) is 6.03. The number of anilines is 1. The van der Waals surface area contributed by atoms with Crippen molar-refractivity contribution in [1.82, 2.24) is 9.71 Å². The van der Waals surface area contributed by atoms with Gasteiger partial charge in [0, 0.05) is 12.7 Å². The van der Waals surface area contributed by atoms with Gasteiger partial charge in [-0.15, -0.1) is 0 Å². The van der Waals surface area contributed by atoms with Crippen LogP contribution in [-0.2, 0) is 14.8 Å². The van der Waals surface area contributed by atoms with Crippen LogP contribution in [0.1, 0.15) is 0 Å². The zero-order valence-electron chi connectivity index (χ0n) is 8.79. The number of primary amides is 1. The van der Waals surface area contributed by atoms with E-state index in [1.54, 1.807) is 0 Å². The molecule has 0 fully saturated rings. The molecule has 0 atom stereocenters. The number of pyridine rings is 1. The van der Waals surface area contributed by atoms with Crippen molar-refractivity contribution in [1.29, 1.82) is 0 Å². The molecule has 0 saturated carbocycles. The van der Waals surface area contributed by atoms with E-state index in [0.717, 1.165) is 6.20 Å². The Kier molecular flexibility index (Phi) is 4.24. The summed E-state index contributed by atoms with van der Waals surface area (Å²) in [4.78, 5) is 13.9. The van der Waals surface area contributed by atoms with Gasteiger partial charge in [0.05, 0.1) is 0 Å². The number of nitrogens with two attached hydrogens (primary N) is 2. The molecule has 0 bridgehead atoms. The van der Waals surface area contributed by atoms with Gasteiger partial charge in [0.25, 0.3) is 0 Å². The molecule has 5 N–H and O–H groups in total. The monoisotopic (exact) mass is 260 g/mol. The van der Waals surface area contributed by atoms with Crippen LogP contribution in [0.3, 0.4) is 0 Å². The molecule has 0 spiro atoms. The summed E-state index contributed by atoms with van der Waals surface area (Å²) in [5.41, 5.74) is 10.0. The molecule has 0 aromatic carbocycles. The van der Waals surface area contributed by atoms with Gasteiger partial charge in [-0.05, 0) is 12.1 Å². The van der Waals surface area contributed by atoms with E-state index in [9.17, 15) is 13.2 Å². The second-order valence-corrected chi connectivity index (χ2v) is 4.75. The molecule has 1 heterocycles. The number of carbonyl (C=O) groups is 1. The Balaban J connectivity index is 2.57. The SMILES string of the molecule is NC(=O)OCCNS(=O)(=O)c1ccc(N)nc1. The van der Waals surface area contributed by atoms with Gasteiger partial charge in [0.2, 0.25) is 10.0 Å². The summed E-state index contributed by atoms with van der Waals surface area (Å²) in [6.45, 7) is -0.216. The van der Waals surface area contributed by atoms with Crippen molar-refractivity contribution < 1.29 is 17.9 Å². The second-order valence-electron chi connectivity index (χ2n) is 2.98. The highest BCUT2D eigenvalue weighted by Gasteiger charge is 2.13. The second kappa shape index (κ2) is 5.46. The summed E-state index contributed by atoms with van der Waals surface area (Å²) in [5.74, 6) is 0.223. The molecular formula is C8H12N4O4S. The molecule has 0 aliphatic carbocycles. The predicted octanol–water partition coefficient (Wildman–Crippen LogP) is -0.963. The number of sulfonamides is 1. The number of nitrogen functional groups attached to an aromatic ring is 1. The maximum atomic E-state index is 11.6. The minimum atomic E-state index is -3.68. The van der Waals surface area contributed by atoms with Crippen molar-refractivity contribution in [2.75, 3.05) is 18.9 Å². The number of hydrogen-bond donors (Lipinski definition) is 3. The van der Waals surface area contributed by atoms with Crippen molar-refractivity contribution in [2.24, 2.45) is 5.73 Å².